The van der Waals surface area contributed by atoms with E-state index in [1.54, 1.807) is 11.8 Å². The molecule has 0 N–H and O–H groups in total. The molecule has 4 heteroatoms. The molecule has 0 radical (unpaired) electrons. The van der Waals surface area contributed by atoms with Gasteiger partial charge in [-0.05, 0) is 17.7 Å². The van der Waals surface area contributed by atoms with Crippen LogP contribution in [0.2, 0.25) is 0 Å². The van der Waals surface area contributed by atoms with Crippen LogP contribution in [0, 0.1) is 0 Å². The van der Waals surface area contributed by atoms with Crippen molar-refractivity contribution in [3.63, 3.8) is 0 Å². The fourth-order valence-electron chi connectivity index (χ4n) is 1.83. The number of benzene rings is 1. The fraction of sp³-hybridized carbons (Fsp3) is 0.500. The van der Waals surface area contributed by atoms with Crippen molar-refractivity contribution in [1.29, 1.82) is 0 Å². The Kier molecular flexibility index (Phi) is 3.26. The highest BCUT2D eigenvalue weighted by Crippen LogP contribution is 2.38. The summed E-state index contributed by atoms with van der Waals surface area (Å²) in [6.07, 6.45) is 0.263. The molecule has 0 bridgehead atoms. The lowest BCUT2D eigenvalue weighted by Crippen LogP contribution is -2.24. The molecule has 0 aliphatic carbocycles. The first-order chi connectivity index (χ1) is 8.15. The minimum atomic E-state index is -2.82. The number of nitrogens with zero attached hydrogens (tertiary/aromatic N) is 1. The monoisotopic (exact) mass is 269 g/mol. The molecule has 1 aromatic rings. The Balaban J connectivity index is 2.27. The van der Waals surface area contributed by atoms with Crippen molar-refractivity contribution in [1.82, 2.24) is 0 Å². The van der Waals surface area contributed by atoms with E-state index in [0.29, 0.717) is 5.69 Å². The molecule has 0 unspecified atom stereocenters. The highest BCUT2D eigenvalue weighted by molar-refractivity contribution is 8.00. The zero-order valence-electron chi connectivity index (χ0n) is 11.1. The number of thioether (sulfide) groups is 1. The second kappa shape index (κ2) is 4.34. The average Bonchev–Trinajstić information content (AvgIpc) is 2.57. The van der Waals surface area contributed by atoms with Gasteiger partial charge in [0.25, 0.3) is 5.92 Å². The predicted octanol–water partition coefficient (Wildman–Crippen LogP) is 4.86. The summed E-state index contributed by atoms with van der Waals surface area (Å²) in [6, 6.07) is 5.80. The molecule has 0 spiro atoms. The van der Waals surface area contributed by atoms with Gasteiger partial charge in [-0.3, -0.25) is 4.99 Å². The first-order valence-electron chi connectivity index (χ1n) is 5.93. The van der Waals surface area contributed by atoms with Crippen LogP contribution in [0.1, 0.15) is 33.3 Å². The van der Waals surface area contributed by atoms with Crippen LogP contribution in [0.5, 0.6) is 0 Å². The van der Waals surface area contributed by atoms with E-state index >= 15 is 0 Å². The summed E-state index contributed by atoms with van der Waals surface area (Å²) in [7, 11) is 0. The van der Waals surface area contributed by atoms with Crippen LogP contribution >= 0.6 is 11.8 Å². The molecule has 2 rings (SSSR count). The summed E-state index contributed by atoms with van der Waals surface area (Å²) in [4.78, 5) is 5.14. The number of halogens is 2. The third-order valence-electron chi connectivity index (χ3n) is 2.60. The summed E-state index contributed by atoms with van der Waals surface area (Å²) in [5.74, 6) is -2.82. The maximum atomic E-state index is 13.2. The number of alkyl halides is 2. The van der Waals surface area contributed by atoms with Gasteiger partial charge in [0.15, 0.2) is 0 Å². The minimum absolute atomic E-state index is 0.0320. The van der Waals surface area contributed by atoms with Gasteiger partial charge in [0, 0.05) is 23.0 Å². The van der Waals surface area contributed by atoms with Crippen molar-refractivity contribution >= 4 is 23.2 Å². The Hall–Kier alpha value is -0.900. The Morgan fingerprint density at radius 1 is 1.17 bits per heavy atom. The molecule has 1 aliphatic heterocycles. The van der Waals surface area contributed by atoms with Crippen molar-refractivity contribution < 1.29 is 8.78 Å². The zero-order valence-corrected chi connectivity index (χ0v) is 11.9. The lowest BCUT2D eigenvalue weighted by atomic mass is 10.1. The Bertz CT molecular complexity index is 495. The standard InChI is InChI=1S/C14H17F2NS/c1-13(2,3)18-10-6-5-9-7-12(14(4,15)16)17-11(9)8-10/h5-6,8H,7H2,1-4H3. The van der Waals surface area contributed by atoms with Crippen LogP contribution < -0.4 is 0 Å². The van der Waals surface area contributed by atoms with Crippen molar-refractivity contribution in [3.05, 3.63) is 23.8 Å². The lowest BCUT2D eigenvalue weighted by Gasteiger charge is -2.17. The van der Waals surface area contributed by atoms with E-state index in [9.17, 15) is 8.78 Å². The van der Waals surface area contributed by atoms with Gasteiger partial charge in [-0.2, -0.15) is 0 Å². The van der Waals surface area contributed by atoms with Crippen molar-refractivity contribution in [2.75, 3.05) is 0 Å². The molecule has 98 valence electrons. The molecular formula is C14H17F2NS. The number of hydrogen-bond donors (Lipinski definition) is 0. The zero-order chi connectivity index (χ0) is 13.6. The number of fused-ring (bicyclic) bond motifs is 1. The molecule has 0 amide bonds. The first kappa shape index (κ1) is 13.5. The molecule has 1 nitrogen and oxygen atoms in total. The van der Waals surface area contributed by atoms with Crippen LogP contribution in [0.25, 0.3) is 0 Å². The second-order valence-electron chi connectivity index (χ2n) is 5.63. The second-order valence-corrected chi connectivity index (χ2v) is 7.53. The smallest absolute Gasteiger partial charge is 0.251 e. The van der Waals surface area contributed by atoms with Crippen molar-refractivity contribution in [2.24, 2.45) is 4.99 Å². The van der Waals surface area contributed by atoms with Gasteiger partial charge in [-0.15, -0.1) is 11.8 Å². The first-order valence-corrected chi connectivity index (χ1v) is 6.75. The molecule has 0 saturated carbocycles. The van der Waals surface area contributed by atoms with Gasteiger partial charge in [-0.1, -0.05) is 26.8 Å². The van der Waals surface area contributed by atoms with E-state index < -0.39 is 5.92 Å². The Morgan fingerprint density at radius 3 is 2.39 bits per heavy atom. The minimum Gasteiger partial charge on any atom is -0.251 e. The topological polar surface area (TPSA) is 12.4 Å². The van der Waals surface area contributed by atoms with Crippen molar-refractivity contribution in [3.8, 4) is 0 Å². The van der Waals surface area contributed by atoms with Gasteiger partial charge < -0.3 is 0 Å². The van der Waals surface area contributed by atoms with Crippen LogP contribution in [0.3, 0.4) is 0 Å². The van der Waals surface area contributed by atoms with Crippen LogP contribution in [-0.4, -0.2) is 16.4 Å². The highest BCUT2D eigenvalue weighted by atomic mass is 32.2. The summed E-state index contributed by atoms with van der Waals surface area (Å²) < 4.78 is 26.6. The maximum Gasteiger partial charge on any atom is 0.283 e. The predicted molar refractivity (Wildman–Crippen MR) is 73.5 cm³/mol. The molecule has 0 atom stereocenters. The van der Waals surface area contributed by atoms with E-state index in [-0.39, 0.29) is 16.9 Å². The van der Waals surface area contributed by atoms with Crippen LogP contribution in [0.15, 0.2) is 28.1 Å². The third-order valence-corrected chi connectivity index (χ3v) is 3.70. The van der Waals surface area contributed by atoms with Gasteiger partial charge in [0.1, 0.15) is 0 Å². The lowest BCUT2D eigenvalue weighted by molar-refractivity contribution is 0.0991. The van der Waals surface area contributed by atoms with Crippen LogP contribution in [-0.2, 0) is 6.42 Å². The summed E-state index contributed by atoms with van der Waals surface area (Å²) in [5, 5.41) is 0. The fourth-order valence-corrected chi connectivity index (χ4v) is 2.85. The Morgan fingerprint density at radius 2 is 1.83 bits per heavy atom. The summed E-state index contributed by atoms with van der Waals surface area (Å²) >= 11 is 1.72. The van der Waals surface area contributed by atoms with Gasteiger partial charge in [-0.25, -0.2) is 8.78 Å². The summed E-state index contributed by atoms with van der Waals surface area (Å²) in [6.45, 7) is 7.28. The normalized spacial score (nSPS) is 15.6. The van der Waals surface area contributed by atoms with E-state index in [1.165, 1.54) is 0 Å². The molecule has 1 aromatic carbocycles. The van der Waals surface area contributed by atoms with Gasteiger partial charge in [0.2, 0.25) is 0 Å². The SMILES string of the molecule is CC(C)(C)Sc1ccc2c(c1)N=C(C(C)(F)F)C2. The van der Waals surface area contributed by atoms with Crippen LogP contribution in [0.4, 0.5) is 14.5 Å². The Labute approximate surface area is 111 Å². The number of hydrogen-bond acceptors (Lipinski definition) is 2. The average molecular weight is 269 g/mol. The highest BCUT2D eigenvalue weighted by Gasteiger charge is 2.33. The van der Waals surface area contributed by atoms with E-state index in [0.717, 1.165) is 17.4 Å². The van der Waals surface area contributed by atoms with E-state index in [1.807, 2.05) is 18.2 Å². The van der Waals surface area contributed by atoms with E-state index in [4.69, 9.17) is 0 Å². The third kappa shape index (κ3) is 3.10. The largest absolute Gasteiger partial charge is 0.283 e. The molecule has 0 saturated heterocycles. The molecule has 18 heavy (non-hydrogen) atoms. The molecule has 0 fully saturated rings. The summed E-state index contributed by atoms with van der Waals surface area (Å²) in [5.41, 5.74) is 1.56. The number of rotatable bonds is 2. The maximum absolute atomic E-state index is 13.2. The van der Waals surface area contributed by atoms with Gasteiger partial charge in [0.05, 0.1) is 11.4 Å². The molecular weight excluding hydrogens is 252 g/mol. The van der Waals surface area contributed by atoms with Gasteiger partial charge >= 0.3 is 0 Å². The quantitative estimate of drug-likeness (QED) is 0.698. The molecule has 1 aliphatic rings. The molecule has 1 heterocycles. The van der Waals surface area contributed by atoms with Crippen molar-refractivity contribution in [2.45, 2.75) is 49.7 Å². The van der Waals surface area contributed by atoms with E-state index in [2.05, 4.69) is 25.8 Å². The number of aliphatic imine (C=N–C) groups is 1. The molecule has 0 aromatic heterocycles.